The lowest BCUT2D eigenvalue weighted by Crippen LogP contribution is -1.91. The molecule has 0 radical (unpaired) electrons. The van der Waals surface area contributed by atoms with E-state index in [4.69, 9.17) is 0 Å². The van der Waals surface area contributed by atoms with Crippen molar-refractivity contribution >= 4 is 23.5 Å². The predicted molar refractivity (Wildman–Crippen MR) is 118 cm³/mol. The Morgan fingerprint density at radius 1 is 0.731 bits per heavy atom. The third kappa shape index (κ3) is 5.82. The summed E-state index contributed by atoms with van der Waals surface area (Å²) in [5.41, 5.74) is 2.74. The van der Waals surface area contributed by atoms with E-state index in [1.165, 1.54) is 16.0 Å². The van der Waals surface area contributed by atoms with E-state index in [1.54, 1.807) is 0 Å². The Kier molecular flexibility index (Phi) is 7.48. The average molecular weight is 377 g/mol. The van der Waals surface area contributed by atoms with Gasteiger partial charge in [-0.3, -0.25) is 0 Å². The molecule has 0 fully saturated rings. The van der Waals surface area contributed by atoms with Gasteiger partial charge in [-0.15, -0.1) is 23.5 Å². The fraction of sp³-hybridized carbons (Fsp3) is 0.167. The summed E-state index contributed by atoms with van der Waals surface area (Å²) >= 11 is 3.91. The largest absolute Gasteiger partial charge is 0.138 e. The van der Waals surface area contributed by atoms with Crippen LogP contribution in [0.4, 0.5) is 0 Å². The van der Waals surface area contributed by atoms with E-state index >= 15 is 0 Å². The van der Waals surface area contributed by atoms with Gasteiger partial charge in [0.2, 0.25) is 0 Å². The second kappa shape index (κ2) is 10.3. The van der Waals surface area contributed by atoms with Crippen molar-refractivity contribution < 1.29 is 0 Å². The highest BCUT2D eigenvalue weighted by molar-refractivity contribution is 8.16. The average Bonchev–Trinajstić information content (AvgIpc) is 2.72. The number of hydrogen-bond acceptors (Lipinski definition) is 2. The van der Waals surface area contributed by atoms with Crippen LogP contribution in [0.5, 0.6) is 0 Å². The molecule has 26 heavy (non-hydrogen) atoms. The summed E-state index contributed by atoms with van der Waals surface area (Å²) in [5, 5.41) is 0. The Morgan fingerprint density at radius 2 is 1.27 bits per heavy atom. The van der Waals surface area contributed by atoms with Gasteiger partial charge in [0.05, 0.1) is 4.58 Å². The number of rotatable bonds is 8. The first-order valence-corrected chi connectivity index (χ1v) is 10.9. The minimum Gasteiger partial charge on any atom is -0.138 e. The van der Waals surface area contributed by atoms with E-state index < -0.39 is 0 Å². The van der Waals surface area contributed by atoms with Gasteiger partial charge in [-0.2, -0.15) is 0 Å². The topological polar surface area (TPSA) is 0 Å². The van der Waals surface area contributed by atoms with Crippen LogP contribution in [0, 0.1) is 0 Å². The maximum Gasteiger partial charge on any atom is 0.0801 e. The van der Waals surface area contributed by atoms with Gasteiger partial charge in [0.1, 0.15) is 0 Å². The molecule has 3 rings (SSSR count). The molecular weight excluding hydrogens is 352 g/mol. The molecule has 3 aromatic rings. The van der Waals surface area contributed by atoms with Gasteiger partial charge in [0.15, 0.2) is 0 Å². The van der Waals surface area contributed by atoms with Crippen molar-refractivity contribution in [3.63, 3.8) is 0 Å². The van der Waals surface area contributed by atoms with Crippen molar-refractivity contribution in [3.05, 3.63) is 114 Å². The van der Waals surface area contributed by atoms with Gasteiger partial charge in [-0.1, -0.05) is 97.9 Å². The summed E-state index contributed by atoms with van der Waals surface area (Å²) in [6.07, 6.45) is 4.63. The zero-order valence-electron chi connectivity index (χ0n) is 15.0. The lowest BCUT2D eigenvalue weighted by atomic mass is 10.0. The standard InChI is InChI=1S/C24H24S2/c1-20(21-13-5-2-6-14-21)12-11-19-25-24(22-15-7-3-8-16-22)26-23-17-9-4-10-18-23/h2-18,20,24H,19H2,1H3/b12-11+. The maximum atomic E-state index is 2.32. The smallest absolute Gasteiger partial charge is 0.0801 e. The van der Waals surface area contributed by atoms with Crippen LogP contribution in [-0.4, -0.2) is 5.75 Å². The monoisotopic (exact) mass is 376 g/mol. The van der Waals surface area contributed by atoms with Crippen LogP contribution < -0.4 is 0 Å². The normalized spacial score (nSPS) is 13.6. The van der Waals surface area contributed by atoms with Gasteiger partial charge in [-0.25, -0.2) is 0 Å². The molecule has 2 unspecified atom stereocenters. The van der Waals surface area contributed by atoms with Crippen LogP contribution >= 0.6 is 23.5 Å². The van der Waals surface area contributed by atoms with Gasteiger partial charge in [0.25, 0.3) is 0 Å². The van der Waals surface area contributed by atoms with E-state index in [9.17, 15) is 0 Å². The Morgan fingerprint density at radius 3 is 1.88 bits per heavy atom. The molecule has 0 aliphatic rings. The fourth-order valence-electron chi connectivity index (χ4n) is 2.70. The lowest BCUT2D eigenvalue weighted by Gasteiger charge is -2.16. The van der Waals surface area contributed by atoms with Crippen molar-refractivity contribution in [2.24, 2.45) is 0 Å². The molecule has 0 saturated carbocycles. The molecule has 2 atom stereocenters. The summed E-state index contributed by atoms with van der Waals surface area (Å²) in [7, 11) is 0. The van der Waals surface area contributed by atoms with E-state index in [2.05, 4.69) is 110 Å². The van der Waals surface area contributed by atoms with Gasteiger partial charge >= 0.3 is 0 Å². The first-order valence-electron chi connectivity index (χ1n) is 8.93. The van der Waals surface area contributed by atoms with Gasteiger partial charge in [-0.05, 0) is 29.2 Å². The van der Waals surface area contributed by atoms with Gasteiger partial charge < -0.3 is 0 Å². The van der Waals surface area contributed by atoms with Crippen LogP contribution in [0.3, 0.4) is 0 Å². The van der Waals surface area contributed by atoms with E-state index in [-0.39, 0.29) is 0 Å². The van der Waals surface area contributed by atoms with Crippen molar-refractivity contribution in [1.29, 1.82) is 0 Å². The second-order valence-corrected chi connectivity index (χ2v) is 8.75. The predicted octanol–water partition coefficient (Wildman–Crippen LogP) is 7.57. The Bertz CT molecular complexity index is 782. The first-order chi connectivity index (χ1) is 12.8. The third-order valence-corrected chi connectivity index (χ3v) is 6.84. The number of allylic oxidation sites excluding steroid dienone is 1. The molecule has 0 nitrogen and oxygen atoms in total. The maximum absolute atomic E-state index is 2.32. The first kappa shape index (κ1) is 18.9. The zero-order valence-corrected chi connectivity index (χ0v) is 16.6. The summed E-state index contributed by atoms with van der Waals surface area (Å²) in [5.74, 6) is 1.46. The minimum absolute atomic E-state index is 0.398. The molecule has 0 bridgehead atoms. The molecule has 132 valence electrons. The van der Waals surface area contributed by atoms with Crippen molar-refractivity contribution in [2.75, 3.05) is 5.75 Å². The molecule has 0 amide bonds. The second-order valence-electron chi connectivity index (χ2n) is 6.13. The number of thioether (sulfide) groups is 2. The number of hydrogen-bond donors (Lipinski definition) is 0. The van der Waals surface area contributed by atoms with Crippen LogP contribution in [0.25, 0.3) is 0 Å². The molecule has 0 aliphatic heterocycles. The number of benzene rings is 3. The molecule has 0 aromatic heterocycles. The molecule has 0 aliphatic carbocycles. The van der Waals surface area contributed by atoms with E-state index in [1.807, 2.05) is 23.5 Å². The molecule has 0 heterocycles. The Balaban J connectivity index is 1.62. The molecule has 3 aromatic carbocycles. The van der Waals surface area contributed by atoms with E-state index in [0.29, 0.717) is 10.5 Å². The molecular formula is C24H24S2. The van der Waals surface area contributed by atoms with Gasteiger partial charge in [0, 0.05) is 10.6 Å². The molecule has 0 spiro atoms. The highest BCUT2D eigenvalue weighted by Gasteiger charge is 2.12. The SMILES string of the molecule is CC(/C=C/CSC(Sc1ccccc1)c1ccccc1)c1ccccc1. The summed E-state index contributed by atoms with van der Waals surface area (Å²) in [6.45, 7) is 2.25. The summed E-state index contributed by atoms with van der Waals surface area (Å²) < 4.78 is 0.398. The summed E-state index contributed by atoms with van der Waals surface area (Å²) in [4.78, 5) is 1.32. The van der Waals surface area contributed by atoms with Crippen LogP contribution in [0.2, 0.25) is 0 Å². The minimum atomic E-state index is 0.398. The van der Waals surface area contributed by atoms with Crippen molar-refractivity contribution in [3.8, 4) is 0 Å². The van der Waals surface area contributed by atoms with Crippen molar-refractivity contribution in [2.45, 2.75) is 22.3 Å². The lowest BCUT2D eigenvalue weighted by molar-refractivity contribution is 0.965. The van der Waals surface area contributed by atoms with Crippen LogP contribution in [-0.2, 0) is 0 Å². The fourth-order valence-corrected chi connectivity index (χ4v) is 5.14. The third-order valence-electron chi connectivity index (χ3n) is 4.15. The molecule has 2 heteroatoms. The van der Waals surface area contributed by atoms with Crippen LogP contribution in [0.15, 0.2) is 108 Å². The zero-order chi connectivity index (χ0) is 18.0. The quantitative estimate of drug-likeness (QED) is 0.226. The molecule has 0 N–H and O–H groups in total. The highest BCUT2D eigenvalue weighted by atomic mass is 32.2. The van der Waals surface area contributed by atoms with Crippen LogP contribution in [0.1, 0.15) is 28.6 Å². The summed E-state index contributed by atoms with van der Waals surface area (Å²) in [6, 6.07) is 32.1. The highest BCUT2D eigenvalue weighted by Crippen LogP contribution is 2.43. The Labute approximate surface area is 165 Å². The van der Waals surface area contributed by atoms with E-state index in [0.717, 1.165) is 5.75 Å². The van der Waals surface area contributed by atoms with Crippen molar-refractivity contribution in [1.82, 2.24) is 0 Å². The Hall–Kier alpha value is -1.90. The molecule has 0 saturated heterocycles.